The molecule has 0 spiro atoms. The minimum atomic E-state index is -0.904. The Bertz CT molecular complexity index is 1390. The third-order valence-electron chi connectivity index (χ3n) is 5.01. The molecule has 0 aliphatic rings. The number of fused-ring (bicyclic) bond motifs is 1. The number of benzene rings is 2. The second kappa shape index (κ2) is 8.54. The quantitative estimate of drug-likeness (QED) is 0.470. The zero-order chi connectivity index (χ0) is 22.8. The lowest BCUT2D eigenvalue weighted by Gasteiger charge is -2.14. The third kappa shape index (κ3) is 3.92. The van der Waals surface area contributed by atoms with Gasteiger partial charge in [-0.15, -0.1) is 11.7 Å². The number of nitrogens with one attached hydrogen (secondary N) is 1. The molecule has 0 unspecified atom stereocenters. The molecule has 32 heavy (non-hydrogen) atoms. The van der Waals surface area contributed by atoms with Gasteiger partial charge in [0, 0.05) is 29.4 Å². The van der Waals surface area contributed by atoms with Crippen LogP contribution in [0.3, 0.4) is 0 Å². The lowest BCUT2D eigenvalue weighted by atomic mass is 10.1. The summed E-state index contributed by atoms with van der Waals surface area (Å²) in [5.41, 5.74) is 0.772. The van der Waals surface area contributed by atoms with Gasteiger partial charge >= 0.3 is 0 Å². The summed E-state index contributed by atoms with van der Waals surface area (Å²) in [4.78, 5) is 30.3. The normalized spacial score (nSPS) is 11.0. The first kappa shape index (κ1) is 21.1. The standard InChI is InChI=1S/C23H19F2N5O2/c1-3-11-29-14(2)17(13-20(31)26-19-10-9-16(24)12-18(19)25)22(32)30-23(29)27-21(28-30)15-7-5-4-6-8-15/h3-10,12H,1,11,13H2,2H3,(H,26,31). The number of carbonyl (C=O) groups excluding carboxylic acids is 1. The van der Waals surface area contributed by atoms with E-state index in [1.165, 1.54) is 0 Å². The predicted molar refractivity (Wildman–Crippen MR) is 116 cm³/mol. The molecular weight excluding hydrogens is 416 g/mol. The number of anilines is 1. The molecule has 0 fully saturated rings. The van der Waals surface area contributed by atoms with Crippen LogP contribution >= 0.6 is 0 Å². The highest BCUT2D eigenvalue weighted by atomic mass is 19.1. The van der Waals surface area contributed by atoms with Crippen molar-refractivity contribution in [2.75, 3.05) is 5.32 Å². The molecule has 1 N–H and O–H groups in total. The molecule has 0 bridgehead atoms. The molecule has 4 rings (SSSR count). The van der Waals surface area contributed by atoms with E-state index in [-0.39, 0.29) is 17.7 Å². The van der Waals surface area contributed by atoms with E-state index in [0.717, 1.165) is 22.2 Å². The number of halogens is 2. The topological polar surface area (TPSA) is 81.3 Å². The van der Waals surface area contributed by atoms with E-state index in [1.54, 1.807) is 17.6 Å². The number of hydrogen-bond acceptors (Lipinski definition) is 4. The summed E-state index contributed by atoms with van der Waals surface area (Å²) >= 11 is 0. The van der Waals surface area contributed by atoms with Gasteiger partial charge < -0.3 is 9.88 Å². The van der Waals surface area contributed by atoms with E-state index in [9.17, 15) is 18.4 Å². The van der Waals surface area contributed by atoms with E-state index in [2.05, 4.69) is 22.0 Å². The number of aromatic nitrogens is 4. The fourth-order valence-corrected chi connectivity index (χ4v) is 3.42. The van der Waals surface area contributed by atoms with E-state index < -0.39 is 23.1 Å². The van der Waals surface area contributed by atoms with Crippen molar-refractivity contribution in [1.82, 2.24) is 19.2 Å². The minimum absolute atomic E-state index is 0.173. The Kier molecular flexibility index (Phi) is 5.63. The average molecular weight is 435 g/mol. The van der Waals surface area contributed by atoms with Crippen molar-refractivity contribution in [2.24, 2.45) is 0 Å². The Labute approximate surface area is 181 Å². The lowest BCUT2D eigenvalue weighted by Crippen LogP contribution is -2.29. The van der Waals surface area contributed by atoms with Gasteiger partial charge in [-0.25, -0.2) is 8.78 Å². The summed E-state index contributed by atoms with van der Waals surface area (Å²) < 4.78 is 29.9. The van der Waals surface area contributed by atoms with Gasteiger partial charge in [-0.2, -0.15) is 9.50 Å². The predicted octanol–water partition coefficient (Wildman–Crippen LogP) is 3.51. The number of amides is 1. The average Bonchev–Trinajstić information content (AvgIpc) is 3.22. The van der Waals surface area contributed by atoms with Gasteiger partial charge in [-0.3, -0.25) is 9.59 Å². The summed E-state index contributed by atoms with van der Waals surface area (Å²) in [6.45, 7) is 5.78. The maximum atomic E-state index is 13.9. The van der Waals surface area contributed by atoms with Crippen molar-refractivity contribution in [2.45, 2.75) is 19.9 Å². The molecule has 0 saturated heterocycles. The molecule has 1 amide bonds. The van der Waals surface area contributed by atoms with Gasteiger partial charge in [-0.05, 0) is 19.1 Å². The summed E-state index contributed by atoms with van der Waals surface area (Å²) in [7, 11) is 0. The monoisotopic (exact) mass is 435 g/mol. The molecule has 0 saturated carbocycles. The van der Waals surface area contributed by atoms with E-state index in [1.807, 2.05) is 30.3 Å². The fraction of sp³-hybridized carbons (Fsp3) is 0.130. The van der Waals surface area contributed by atoms with Crippen molar-refractivity contribution >= 4 is 17.4 Å². The molecule has 2 aromatic carbocycles. The summed E-state index contributed by atoms with van der Waals surface area (Å²) in [5, 5.41) is 6.72. The highest BCUT2D eigenvalue weighted by Gasteiger charge is 2.20. The van der Waals surface area contributed by atoms with Gasteiger partial charge in [-0.1, -0.05) is 36.4 Å². The first-order valence-electron chi connectivity index (χ1n) is 9.79. The smallest absolute Gasteiger partial charge is 0.279 e. The van der Waals surface area contributed by atoms with E-state index in [0.29, 0.717) is 29.9 Å². The summed E-state index contributed by atoms with van der Waals surface area (Å²) in [5.74, 6) is -1.59. The molecule has 9 heteroatoms. The Morgan fingerprint density at radius 2 is 1.94 bits per heavy atom. The molecule has 0 aliphatic heterocycles. The number of carbonyl (C=O) groups is 1. The Morgan fingerprint density at radius 3 is 2.62 bits per heavy atom. The van der Waals surface area contributed by atoms with Gasteiger partial charge in [0.1, 0.15) is 11.6 Å². The number of allylic oxidation sites excluding steroid dienone is 1. The van der Waals surface area contributed by atoms with Crippen LogP contribution in [0.2, 0.25) is 0 Å². The molecular formula is C23H19F2N5O2. The number of hydrogen-bond donors (Lipinski definition) is 1. The summed E-state index contributed by atoms with van der Waals surface area (Å²) in [6.07, 6.45) is 1.32. The van der Waals surface area contributed by atoms with Gasteiger partial charge in [0.2, 0.25) is 11.7 Å². The van der Waals surface area contributed by atoms with Crippen molar-refractivity contribution < 1.29 is 13.6 Å². The minimum Gasteiger partial charge on any atom is -0.323 e. The second-order valence-electron chi connectivity index (χ2n) is 7.13. The molecule has 7 nitrogen and oxygen atoms in total. The maximum absolute atomic E-state index is 13.9. The molecule has 162 valence electrons. The molecule has 4 aromatic rings. The third-order valence-corrected chi connectivity index (χ3v) is 5.01. The zero-order valence-electron chi connectivity index (χ0n) is 17.2. The van der Waals surface area contributed by atoms with E-state index in [4.69, 9.17) is 0 Å². The highest BCUT2D eigenvalue weighted by molar-refractivity contribution is 5.92. The first-order chi connectivity index (χ1) is 15.4. The van der Waals surface area contributed by atoms with Gasteiger partial charge in [0.05, 0.1) is 12.1 Å². The van der Waals surface area contributed by atoms with Crippen LogP contribution in [0.25, 0.3) is 17.2 Å². The van der Waals surface area contributed by atoms with Crippen molar-refractivity contribution in [3.63, 3.8) is 0 Å². The molecule has 2 heterocycles. The van der Waals surface area contributed by atoms with Crippen LogP contribution in [-0.2, 0) is 17.8 Å². The number of rotatable bonds is 6. The Balaban J connectivity index is 1.76. The molecule has 0 radical (unpaired) electrons. The van der Waals surface area contributed by atoms with Crippen LogP contribution in [0.5, 0.6) is 0 Å². The van der Waals surface area contributed by atoms with Crippen LogP contribution in [0.15, 0.2) is 66.0 Å². The van der Waals surface area contributed by atoms with Crippen LogP contribution in [-0.4, -0.2) is 25.1 Å². The number of nitrogens with zero attached hydrogens (tertiary/aromatic N) is 4. The zero-order valence-corrected chi connectivity index (χ0v) is 17.2. The molecule has 2 aromatic heterocycles. The summed E-state index contributed by atoms with van der Waals surface area (Å²) in [6, 6.07) is 12.0. The highest BCUT2D eigenvalue weighted by Crippen LogP contribution is 2.18. The maximum Gasteiger partial charge on any atom is 0.279 e. The van der Waals surface area contributed by atoms with Gasteiger partial charge in [0.25, 0.3) is 5.56 Å². The van der Waals surface area contributed by atoms with Crippen LogP contribution in [0, 0.1) is 18.6 Å². The van der Waals surface area contributed by atoms with Crippen molar-refractivity contribution in [3.8, 4) is 11.4 Å². The SMILES string of the molecule is C=CCn1c(C)c(CC(=O)Nc2ccc(F)cc2F)c(=O)n2nc(-c3ccccc3)nc12. The van der Waals surface area contributed by atoms with E-state index >= 15 is 0 Å². The second-order valence-corrected chi connectivity index (χ2v) is 7.13. The Morgan fingerprint density at radius 1 is 1.19 bits per heavy atom. The van der Waals surface area contributed by atoms with Crippen LogP contribution in [0.1, 0.15) is 11.3 Å². The lowest BCUT2D eigenvalue weighted by molar-refractivity contribution is -0.115. The van der Waals surface area contributed by atoms with Crippen LogP contribution < -0.4 is 10.9 Å². The van der Waals surface area contributed by atoms with Crippen molar-refractivity contribution in [3.05, 3.63) is 94.4 Å². The van der Waals surface area contributed by atoms with Gasteiger partial charge in [0.15, 0.2) is 5.82 Å². The van der Waals surface area contributed by atoms with Crippen molar-refractivity contribution in [1.29, 1.82) is 0 Å². The molecule has 0 atom stereocenters. The van der Waals surface area contributed by atoms with Crippen LogP contribution in [0.4, 0.5) is 14.5 Å². The Hall–Kier alpha value is -4.14. The molecule has 0 aliphatic carbocycles. The first-order valence-corrected chi connectivity index (χ1v) is 9.79. The fourth-order valence-electron chi connectivity index (χ4n) is 3.42. The largest absolute Gasteiger partial charge is 0.323 e.